The van der Waals surface area contributed by atoms with Gasteiger partial charge >= 0.3 is 5.97 Å². The maximum atomic E-state index is 11.9. The van der Waals surface area contributed by atoms with Crippen LogP contribution in [0, 0.1) is 0 Å². The van der Waals surface area contributed by atoms with E-state index in [1.165, 1.54) is 12.1 Å². The minimum Gasteiger partial charge on any atom is -0.457 e. The Morgan fingerprint density at radius 2 is 1.75 bits per heavy atom. The number of rotatable bonds is 3. The number of nitrogen functional groups attached to an aromatic ring is 1. The number of carbonyl (C=O) groups is 1. The van der Waals surface area contributed by atoms with Gasteiger partial charge in [-0.3, -0.25) is 0 Å². The van der Waals surface area contributed by atoms with Crippen LogP contribution in [0.1, 0.15) is 15.9 Å². The average Bonchev–Trinajstić information content (AvgIpc) is 2.40. The molecule has 0 saturated carbocycles. The average molecular weight is 331 g/mol. The van der Waals surface area contributed by atoms with Crippen LogP contribution < -0.4 is 5.73 Å². The maximum absolute atomic E-state index is 11.9. The second kappa shape index (κ2) is 6.35. The van der Waals surface area contributed by atoms with Crippen molar-refractivity contribution < 1.29 is 9.53 Å². The first-order valence-electron chi connectivity index (χ1n) is 5.63. The van der Waals surface area contributed by atoms with Gasteiger partial charge in [0.15, 0.2) is 0 Å². The van der Waals surface area contributed by atoms with E-state index >= 15 is 0 Å². The Labute approximate surface area is 131 Å². The van der Waals surface area contributed by atoms with Crippen LogP contribution in [0.2, 0.25) is 15.1 Å². The highest BCUT2D eigenvalue weighted by molar-refractivity contribution is 6.42. The van der Waals surface area contributed by atoms with E-state index in [4.69, 9.17) is 45.3 Å². The first kappa shape index (κ1) is 15.0. The molecule has 0 spiro atoms. The second-order valence-corrected chi connectivity index (χ2v) is 5.29. The summed E-state index contributed by atoms with van der Waals surface area (Å²) < 4.78 is 5.16. The van der Waals surface area contributed by atoms with E-state index in [9.17, 15) is 4.79 Å². The zero-order valence-corrected chi connectivity index (χ0v) is 12.5. The molecule has 0 aliphatic heterocycles. The molecular formula is C14H10Cl3NO2. The highest BCUT2D eigenvalue weighted by atomic mass is 35.5. The van der Waals surface area contributed by atoms with Gasteiger partial charge in [-0.05, 0) is 35.9 Å². The minimum atomic E-state index is -0.527. The Balaban J connectivity index is 2.06. The summed E-state index contributed by atoms with van der Waals surface area (Å²) in [5.74, 6) is -0.527. The molecule has 0 bridgehead atoms. The van der Waals surface area contributed by atoms with Gasteiger partial charge in [0.05, 0.1) is 20.6 Å². The largest absolute Gasteiger partial charge is 0.457 e. The number of hydrogen-bond donors (Lipinski definition) is 1. The van der Waals surface area contributed by atoms with Gasteiger partial charge in [-0.25, -0.2) is 4.79 Å². The van der Waals surface area contributed by atoms with Crippen molar-refractivity contribution in [1.82, 2.24) is 0 Å². The van der Waals surface area contributed by atoms with Crippen LogP contribution in [0.25, 0.3) is 0 Å². The quantitative estimate of drug-likeness (QED) is 0.661. The Bertz CT molecular complexity index is 659. The Morgan fingerprint density at radius 1 is 1.00 bits per heavy atom. The molecule has 2 aromatic rings. The summed E-state index contributed by atoms with van der Waals surface area (Å²) in [7, 11) is 0. The predicted molar refractivity (Wildman–Crippen MR) is 81.4 cm³/mol. The van der Waals surface area contributed by atoms with Crippen LogP contribution in [0.3, 0.4) is 0 Å². The molecule has 104 valence electrons. The van der Waals surface area contributed by atoms with Crippen LogP contribution in [0.4, 0.5) is 5.69 Å². The number of benzene rings is 2. The van der Waals surface area contributed by atoms with Gasteiger partial charge in [0.1, 0.15) is 6.61 Å². The van der Waals surface area contributed by atoms with E-state index in [0.717, 1.165) is 5.56 Å². The normalized spacial score (nSPS) is 10.3. The third-order valence-corrected chi connectivity index (χ3v) is 3.62. The van der Waals surface area contributed by atoms with Crippen LogP contribution in [-0.4, -0.2) is 5.97 Å². The number of anilines is 1. The molecule has 0 aliphatic rings. The number of esters is 1. The fraction of sp³-hybridized carbons (Fsp3) is 0.0714. The van der Waals surface area contributed by atoms with Crippen LogP contribution >= 0.6 is 34.8 Å². The molecule has 0 atom stereocenters. The van der Waals surface area contributed by atoms with E-state index in [-0.39, 0.29) is 17.2 Å². The lowest BCUT2D eigenvalue weighted by Gasteiger charge is -2.07. The lowest BCUT2D eigenvalue weighted by atomic mass is 10.2. The number of carbonyl (C=O) groups excluding carboxylic acids is 1. The van der Waals surface area contributed by atoms with Crippen molar-refractivity contribution in [1.29, 1.82) is 0 Å². The molecule has 6 heteroatoms. The molecule has 0 aromatic heterocycles. The Kier molecular flexibility index (Phi) is 4.76. The topological polar surface area (TPSA) is 52.3 Å². The minimum absolute atomic E-state index is 0.0798. The molecule has 20 heavy (non-hydrogen) atoms. The van der Waals surface area contributed by atoms with E-state index in [2.05, 4.69) is 0 Å². The summed E-state index contributed by atoms with van der Waals surface area (Å²) in [5.41, 5.74) is 7.04. The third-order valence-electron chi connectivity index (χ3n) is 2.57. The molecule has 0 unspecified atom stereocenters. The standard InChI is InChI=1S/C14H10Cl3NO2/c15-11-4-1-8(5-13(11)17)7-20-14(19)10-3-2-9(18)6-12(10)16/h1-6H,7,18H2. The molecule has 2 rings (SSSR count). The summed E-state index contributed by atoms with van der Waals surface area (Å²) in [6.07, 6.45) is 0. The first-order valence-corrected chi connectivity index (χ1v) is 6.77. The smallest absolute Gasteiger partial charge is 0.339 e. The van der Waals surface area contributed by atoms with Crippen molar-refractivity contribution in [2.45, 2.75) is 6.61 Å². The van der Waals surface area contributed by atoms with Gasteiger partial charge < -0.3 is 10.5 Å². The number of halogens is 3. The van der Waals surface area contributed by atoms with Gasteiger partial charge in [0, 0.05) is 5.69 Å². The lowest BCUT2D eigenvalue weighted by molar-refractivity contribution is 0.0473. The highest BCUT2D eigenvalue weighted by Crippen LogP contribution is 2.24. The second-order valence-electron chi connectivity index (χ2n) is 4.06. The SMILES string of the molecule is Nc1ccc(C(=O)OCc2ccc(Cl)c(Cl)c2)c(Cl)c1. The van der Waals surface area contributed by atoms with Crippen molar-refractivity contribution in [3.8, 4) is 0 Å². The summed E-state index contributed by atoms with van der Waals surface area (Å²) in [4.78, 5) is 11.9. The predicted octanol–water partition coefficient (Wildman–Crippen LogP) is 4.59. The number of hydrogen-bond acceptors (Lipinski definition) is 3. The van der Waals surface area contributed by atoms with Crippen molar-refractivity contribution in [3.63, 3.8) is 0 Å². The van der Waals surface area contributed by atoms with Crippen LogP contribution in [0.5, 0.6) is 0 Å². The van der Waals surface area contributed by atoms with Crippen LogP contribution in [-0.2, 0) is 11.3 Å². The summed E-state index contributed by atoms with van der Waals surface area (Å²) in [6, 6.07) is 9.62. The van der Waals surface area contributed by atoms with Gasteiger partial charge in [0.2, 0.25) is 0 Å². The van der Waals surface area contributed by atoms with E-state index in [0.29, 0.717) is 15.7 Å². The molecule has 0 heterocycles. The molecule has 0 amide bonds. The van der Waals surface area contributed by atoms with Crippen molar-refractivity contribution in [2.75, 3.05) is 5.73 Å². The monoisotopic (exact) mass is 329 g/mol. The zero-order valence-electron chi connectivity index (χ0n) is 10.2. The zero-order chi connectivity index (χ0) is 14.7. The van der Waals surface area contributed by atoms with Crippen molar-refractivity contribution in [2.24, 2.45) is 0 Å². The maximum Gasteiger partial charge on any atom is 0.339 e. The van der Waals surface area contributed by atoms with Gasteiger partial charge in [0.25, 0.3) is 0 Å². The molecule has 2 aromatic carbocycles. The van der Waals surface area contributed by atoms with Gasteiger partial charge in [-0.15, -0.1) is 0 Å². The van der Waals surface area contributed by atoms with E-state index < -0.39 is 5.97 Å². The third kappa shape index (κ3) is 3.57. The first-order chi connectivity index (χ1) is 9.47. The molecule has 0 aliphatic carbocycles. The van der Waals surface area contributed by atoms with Crippen LogP contribution in [0.15, 0.2) is 36.4 Å². The molecule has 0 fully saturated rings. The molecule has 3 nitrogen and oxygen atoms in total. The molecule has 2 N–H and O–H groups in total. The Hall–Kier alpha value is -1.42. The van der Waals surface area contributed by atoms with Crippen molar-refractivity contribution >= 4 is 46.5 Å². The van der Waals surface area contributed by atoms with Crippen molar-refractivity contribution in [3.05, 3.63) is 62.6 Å². The summed E-state index contributed by atoms with van der Waals surface area (Å²) in [5, 5.41) is 1.11. The fourth-order valence-corrected chi connectivity index (χ4v) is 2.14. The lowest BCUT2D eigenvalue weighted by Crippen LogP contribution is -2.06. The molecule has 0 radical (unpaired) electrons. The number of ether oxygens (including phenoxy) is 1. The van der Waals surface area contributed by atoms with E-state index in [1.807, 2.05) is 0 Å². The Morgan fingerprint density at radius 3 is 2.40 bits per heavy atom. The van der Waals surface area contributed by atoms with Gasteiger partial charge in [-0.1, -0.05) is 40.9 Å². The summed E-state index contributed by atoms with van der Waals surface area (Å²) >= 11 is 17.6. The highest BCUT2D eigenvalue weighted by Gasteiger charge is 2.12. The van der Waals surface area contributed by atoms with Gasteiger partial charge in [-0.2, -0.15) is 0 Å². The molecule has 0 saturated heterocycles. The fourth-order valence-electron chi connectivity index (χ4n) is 1.55. The molecular weight excluding hydrogens is 321 g/mol. The number of nitrogens with two attached hydrogens (primary N) is 1. The summed E-state index contributed by atoms with van der Waals surface area (Å²) in [6.45, 7) is 0.0798. The van der Waals surface area contributed by atoms with E-state index in [1.54, 1.807) is 24.3 Å².